The van der Waals surface area contributed by atoms with Crippen molar-refractivity contribution >= 4 is 5.91 Å². The van der Waals surface area contributed by atoms with Gasteiger partial charge in [0, 0.05) is 13.6 Å². The third-order valence-electron chi connectivity index (χ3n) is 2.67. The summed E-state index contributed by atoms with van der Waals surface area (Å²) in [7, 11) is 1.69. The third kappa shape index (κ3) is 3.41. The molecule has 92 valence electrons. The van der Waals surface area contributed by atoms with Crippen LogP contribution in [-0.2, 0) is 0 Å². The van der Waals surface area contributed by atoms with Crippen LogP contribution >= 0.6 is 0 Å². The first-order valence-electron chi connectivity index (χ1n) is 5.69. The normalized spacial score (nSPS) is 10.1. The van der Waals surface area contributed by atoms with Crippen LogP contribution in [0.25, 0.3) is 0 Å². The van der Waals surface area contributed by atoms with Crippen molar-refractivity contribution in [1.29, 1.82) is 0 Å². The van der Waals surface area contributed by atoms with E-state index in [0.29, 0.717) is 12.1 Å². The number of allylic oxidation sites excluding steroid dienone is 1. The minimum atomic E-state index is -0.423. The van der Waals surface area contributed by atoms with Gasteiger partial charge in [-0.25, -0.2) is 4.39 Å². The predicted molar refractivity (Wildman–Crippen MR) is 67.5 cm³/mol. The summed E-state index contributed by atoms with van der Waals surface area (Å²) in [5.41, 5.74) is 0.640. The molecule has 0 aliphatic carbocycles. The molecule has 0 aromatic heterocycles. The Kier molecular flexibility index (Phi) is 4.88. The molecule has 1 aromatic rings. The number of benzene rings is 1. The largest absolute Gasteiger partial charge is 0.342 e. The smallest absolute Gasteiger partial charge is 0.256 e. The summed E-state index contributed by atoms with van der Waals surface area (Å²) in [6.07, 6.45) is 3.51. The van der Waals surface area contributed by atoms with Gasteiger partial charge >= 0.3 is 0 Å². The Morgan fingerprint density at radius 1 is 1.53 bits per heavy atom. The SMILES string of the molecule is C=CCCCN(C)C(=O)c1cccc(C)c1F. The van der Waals surface area contributed by atoms with Crippen LogP contribution in [0.15, 0.2) is 30.9 Å². The fraction of sp³-hybridized carbons (Fsp3) is 0.357. The molecule has 0 saturated carbocycles. The lowest BCUT2D eigenvalue weighted by Gasteiger charge is -2.17. The van der Waals surface area contributed by atoms with Gasteiger partial charge in [0.15, 0.2) is 0 Å². The quantitative estimate of drug-likeness (QED) is 0.567. The number of unbranched alkanes of at least 4 members (excludes halogenated alkanes) is 1. The summed E-state index contributed by atoms with van der Waals surface area (Å²) in [6, 6.07) is 4.88. The van der Waals surface area contributed by atoms with Gasteiger partial charge in [0.25, 0.3) is 5.91 Å². The maximum Gasteiger partial charge on any atom is 0.256 e. The van der Waals surface area contributed by atoms with Gasteiger partial charge in [-0.1, -0.05) is 18.2 Å². The van der Waals surface area contributed by atoms with E-state index in [4.69, 9.17) is 0 Å². The number of hydrogen-bond acceptors (Lipinski definition) is 1. The number of hydrogen-bond donors (Lipinski definition) is 0. The second-order valence-corrected chi connectivity index (χ2v) is 4.09. The number of amides is 1. The highest BCUT2D eigenvalue weighted by Crippen LogP contribution is 2.14. The van der Waals surface area contributed by atoms with Gasteiger partial charge < -0.3 is 4.90 Å². The molecule has 2 nitrogen and oxygen atoms in total. The van der Waals surface area contributed by atoms with E-state index in [9.17, 15) is 9.18 Å². The van der Waals surface area contributed by atoms with Gasteiger partial charge in [0.1, 0.15) is 5.82 Å². The molecule has 3 heteroatoms. The fourth-order valence-electron chi connectivity index (χ4n) is 1.59. The monoisotopic (exact) mass is 235 g/mol. The molecule has 0 aliphatic rings. The molecule has 1 rings (SSSR count). The Morgan fingerprint density at radius 3 is 2.88 bits per heavy atom. The maximum atomic E-state index is 13.7. The van der Waals surface area contributed by atoms with Crippen molar-refractivity contribution in [1.82, 2.24) is 4.90 Å². The van der Waals surface area contributed by atoms with Gasteiger partial charge in [0.2, 0.25) is 0 Å². The molecule has 0 bridgehead atoms. The lowest BCUT2D eigenvalue weighted by Crippen LogP contribution is -2.28. The first kappa shape index (κ1) is 13.4. The molecular weight excluding hydrogens is 217 g/mol. The molecular formula is C14H18FNO. The Labute approximate surface area is 102 Å². The van der Waals surface area contributed by atoms with E-state index < -0.39 is 5.82 Å². The van der Waals surface area contributed by atoms with Crippen molar-refractivity contribution in [3.05, 3.63) is 47.8 Å². The Bertz CT molecular complexity index is 415. The summed E-state index contributed by atoms with van der Waals surface area (Å²) in [6.45, 7) is 5.89. The van der Waals surface area contributed by atoms with E-state index in [2.05, 4.69) is 6.58 Å². The molecule has 17 heavy (non-hydrogen) atoms. The molecule has 0 radical (unpaired) electrons. The Balaban J connectivity index is 2.75. The van der Waals surface area contributed by atoms with Crippen LogP contribution in [0.2, 0.25) is 0 Å². The highest BCUT2D eigenvalue weighted by atomic mass is 19.1. The molecule has 0 atom stereocenters. The molecule has 0 aliphatic heterocycles. The predicted octanol–water partition coefficient (Wildman–Crippen LogP) is 3.17. The second-order valence-electron chi connectivity index (χ2n) is 4.09. The van der Waals surface area contributed by atoms with Gasteiger partial charge in [-0.3, -0.25) is 4.79 Å². The van der Waals surface area contributed by atoms with E-state index in [1.807, 2.05) is 6.08 Å². The van der Waals surface area contributed by atoms with E-state index >= 15 is 0 Å². The maximum absolute atomic E-state index is 13.7. The summed E-state index contributed by atoms with van der Waals surface area (Å²) in [5, 5.41) is 0. The molecule has 0 heterocycles. The number of rotatable bonds is 5. The van der Waals surface area contributed by atoms with Gasteiger partial charge in [-0.05, 0) is 31.4 Å². The average molecular weight is 235 g/mol. The van der Waals surface area contributed by atoms with Gasteiger partial charge in [-0.15, -0.1) is 6.58 Å². The summed E-state index contributed by atoms with van der Waals surface area (Å²) in [5.74, 6) is -0.691. The van der Waals surface area contributed by atoms with Crippen LogP contribution in [0, 0.1) is 12.7 Å². The number of carbonyl (C=O) groups excluding carboxylic acids is 1. The molecule has 1 aromatic carbocycles. The van der Waals surface area contributed by atoms with Crippen molar-refractivity contribution in [3.8, 4) is 0 Å². The zero-order chi connectivity index (χ0) is 12.8. The van der Waals surface area contributed by atoms with Gasteiger partial charge in [0.05, 0.1) is 5.56 Å². The molecule has 1 amide bonds. The molecule has 0 fully saturated rings. The van der Waals surface area contributed by atoms with Crippen molar-refractivity contribution in [3.63, 3.8) is 0 Å². The summed E-state index contributed by atoms with van der Waals surface area (Å²) >= 11 is 0. The van der Waals surface area contributed by atoms with Crippen LogP contribution in [0.1, 0.15) is 28.8 Å². The van der Waals surface area contributed by atoms with E-state index in [0.717, 1.165) is 12.8 Å². The minimum absolute atomic E-state index is 0.145. The third-order valence-corrected chi connectivity index (χ3v) is 2.67. The van der Waals surface area contributed by atoms with Crippen LogP contribution < -0.4 is 0 Å². The Morgan fingerprint density at radius 2 is 2.24 bits per heavy atom. The Hall–Kier alpha value is -1.64. The van der Waals surface area contributed by atoms with Crippen LogP contribution in [0.3, 0.4) is 0 Å². The van der Waals surface area contributed by atoms with Crippen molar-refractivity contribution in [2.75, 3.05) is 13.6 Å². The average Bonchev–Trinajstić information content (AvgIpc) is 2.32. The summed E-state index contributed by atoms with van der Waals surface area (Å²) in [4.78, 5) is 13.5. The highest BCUT2D eigenvalue weighted by molar-refractivity contribution is 5.94. The second kappa shape index (κ2) is 6.18. The number of aryl methyl sites for hydroxylation is 1. The zero-order valence-electron chi connectivity index (χ0n) is 10.4. The molecule has 0 saturated heterocycles. The summed E-state index contributed by atoms with van der Waals surface area (Å²) < 4.78 is 13.7. The van der Waals surface area contributed by atoms with Crippen molar-refractivity contribution in [2.24, 2.45) is 0 Å². The lowest BCUT2D eigenvalue weighted by atomic mass is 10.1. The topological polar surface area (TPSA) is 20.3 Å². The number of carbonyl (C=O) groups is 1. The van der Waals surface area contributed by atoms with Crippen LogP contribution in [0.4, 0.5) is 4.39 Å². The standard InChI is InChI=1S/C14H18FNO/c1-4-5-6-10-16(3)14(17)12-9-7-8-11(2)13(12)15/h4,7-9H,1,5-6,10H2,2-3H3. The van der Waals surface area contributed by atoms with E-state index in [1.54, 1.807) is 31.0 Å². The first-order chi connectivity index (χ1) is 8.07. The van der Waals surface area contributed by atoms with E-state index in [1.165, 1.54) is 6.07 Å². The zero-order valence-corrected chi connectivity index (χ0v) is 10.4. The first-order valence-corrected chi connectivity index (χ1v) is 5.69. The lowest BCUT2D eigenvalue weighted by molar-refractivity contribution is 0.0789. The number of halogens is 1. The van der Waals surface area contributed by atoms with Crippen LogP contribution in [-0.4, -0.2) is 24.4 Å². The van der Waals surface area contributed by atoms with Crippen LogP contribution in [0.5, 0.6) is 0 Å². The number of nitrogens with zero attached hydrogens (tertiary/aromatic N) is 1. The molecule has 0 N–H and O–H groups in total. The highest BCUT2D eigenvalue weighted by Gasteiger charge is 2.16. The van der Waals surface area contributed by atoms with Crippen molar-refractivity contribution in [2.45, 2.75) is 19.8 Å². The molecule has 0 spiro atoms. The van der Waals surface area contributed by atoms with E-state index in [-0.39, 0.29) is 11.5 Å². The fourth-order valence-corrected chi connectivity index (χ4v) is 1.59. The minimum Gasteiger partial charge on any atom is -0.342 e. The van der Waals surface area contributed by atoms with Crippen molar-refractivity contribution < 1.29 is 9.18 Å². The molecule has 0 unspecified atom stereocenters. The van der Waals surface area contributed by atoms with Gasteiger partial charge in [-0.2, -0.15) is 0 Å².